The number of hydrogen-bond acceptors (Lipinski definition) is 3. The number of amides is 2. The van der Waals surface area contributed by atoms with Gasteiger partial charge in [0.05, 0.1) is 17.6 Å². The zero-order valence-corrected chi connectivity index (χ0v) is 13.3. The van der Waals surface area contributed by atoms with Crippen molar-refractivity contribution < 1.29 is 14.1 Å². The van der Waals surface area contributed by atoms with Crippen LogP contribution in [0.4, 0.5) is 4.79 Å². The van der Waals surface area contributed by atoms with Gasteiger partial charge < -0.3 is 19.1 Å². The van der Waals surface area contributed by atoms with Crippen molar-refractivity contribution in [3.8, 4) is 0 Å². The third-order valence-electron chi connectivity index (χ3n) is 4.09. The van der Waals surface area contributed by atoms with Crippen molar-refractivity contribution in [3.63, 3.8) is 0 Å². The van der Waals surface area contributed by atoms with Crippen LogP contribution in [-0.4, -0.2) is 60.7 Å². The molecule has 5 nitrogen and oxygen atoms in total. The number of rotatable bonds is 4. The molecule has 110 valence electrons. The largest absolute Gasteiger partial charge is 0.478 e. The Labute approximate surface area is 117 Å². The Bertz CT molecular complexity index is 314. The van der Waals surface area contributed by atoms with Crippen molar-refractivity contribution in [2.24, 2.45) is 0 Å². The molecule has 0 aromatic heterocycles. The van der Waals surface area contributed by atoms with Gasteiger partial charge in [0.1, 0.15) is 0 Å². The summed E-state index contributed by atoms with van der Waals surface area (Å²) in [6.45, 7) is 13.4. The summed E-state index contributed by atoms with van der Waals surface area (Å²) < 4.78 is 11.8. The molecule has 0 spiro atoms. The van der Waals surface area contributed by atoms with Gasteiger partial charge in [0, 0.05) is 20.1 Å². The molecule has 1 fully saturated rings. The van der Waals surface area contributed by atoms with E-state index in [1.54, 1.807) is 16.8 Å². The van der Waals surface area contributed by atoms with Gasteiger partial charge in [-0.05, 0) is 41.5 Å². The molecule has 0 N–H and O–H groups in total. The summed E-state index contributed by atoms with van der Waals surface area (Å²) in [6, 6.07) is 0.0136. The number of nitrogens with zero attached hydrogens (tertiary/aromatic N) is 2. The zero-order valence-electron chi connectivity index (χ0n) is 13.3. The summed E-state index contributed by atoms with van der Waals surface area (Å²) in [5.41, 5.74) is -0.701. The van der Waals surface area contributed by atoms with E-state index >= 15 is 0 Å². The first kappa shape index (κ1) is 16.3. The van der Waals surface area contributed by atoms with Crippen LogP contribution < -0.4 is 0 Å². The molecule has 0 radical (unpaired) electrons. The van der Waals surface area contributed by atoms with E-state index in [9.17, 15) is 4.79 Å². The van der Waals surface area contributed by atoms with Gasteiger partial charge in [-0.25, -0.2) is 4.79 Å². The van der Waals surface area contributed by atoms with E-state index in [-0.39, 0.29) is 24.4 Å². The van der Waals surface area contributed by atoms with Crippen molar-refractivity contribution >= 4 is 13.1 Å². The number of hydrogen-bond donors (Lipinski definition) is 0. The molecule has 1 aliphatic rings. The highest BCUT2D eigenvalue weighted by Crippen LogP contribution is 2.36. The minimum absolute atomic E-state index is 0.0136. The second-order valence-corrected chi connectivity index (χ2v) is 6.02. The number of urea groups is 1. The first-order valence-corrected chi connectivity index (χ1v) is 7.00. The summed E-state index contributed by atoms with van der Waals surface area (Å²) in [5, 5.41) is 0. The van der Waals surface area contributed by atoms with E-state index in [0.717, 1.165) is 0 Å². The van der Waals surface area contributed by atoms with E-state index in [0.29, 0.717) is 19.5 Å². The van der Waals surface area contributed by atoms with Gasteiger partial charge in [0.2, 0.25) is 0 Å². The lowest BCUT2D eigenvalue weighted by Gasteiger charge is -2.32. The fourth-order valence-electron chi connectivity index (χ4n) is 2.08. The van der Waals surface area contributed by atoms with Crippen molar-refractivity contribution in [1.82, 2.24) is 9.80 Å². The summed E-state index contributed by atoms with van der Waals surface area (Å²) >= 11 is 0. The molecule has 19 heavy (non-hydrogen) atoms. The monoisotopic (exact) mass is 270 g/mol. The van der Waals surface area contributed by atoms with Crippen molar-refractivity contribution in [3.05, 3.63) is 0 Å². The van der Waals surface area contributed by atoms with Gasteiger partial charge >= 0.3 is 13.1 Å². The highest BCUT2D eigenvalue weighted by Gasteiger charge is 2.51. The first-order chi connectivity index (χ1) is 8.64. The van der Waals surface area contributed by atoms with Crippen LogP contribution in [0.2, 0.25) is 0 Å². The SMILES string of the molecule is CCN(CC)C(=O)N(C)CB1OC(C)(C)C(C)(C)O1. The number of carbonyl (C=O) groups excluding carboxylic acids is 1. The average molecular weight is 270 g/mol. The van der Waals surface area contributed by atoms with E-state index in [1.165, 1.54) is 0 Å². The van der Waals surface area contributed by atoms with Crippen molar-refractivity contribution in [2.75, 3.05) is 26.6 Å². The maximum Gasteiger partial charge on any atom is 0.478 e. The van der Waals surface area contributed by atoms with Crippen molar-refractivity contribution in [1.29, 1.82) is 0 Å². The zero-order chi connectivity index (χ0) is 14.8. The van der Waals surface area contributed by atoms with Crippen LogP contribution in [0.15, 0.2) is 0 Å². The van der Waals surface area contributed by atoms with Gasteiger partial charge in [-0.1, -0.05) is 0 Å². The topological polar surface area (TPSA) is 42.0 Å². The van der Waals surface area contributed by atoms with E-state index in [1.807, 2.05) is 41.5 Å². The van der Waals surface area contributed by atoms with Gasteiger partial charge in [0.15, 0.2) is 0 Å². The van der Waals surface area contributed by atoms with Crippen LogP contribution in [0.25, 0.3) is 0 Å². The minimum atomic E-state index is -0.366. The van der Waals surface area contributed by atoms with Crippen LogP contribution in [0.1, 0.15) is 41.5 Å². The molecule has 0 aromatic rings. The van der Waals surface area contributed by atoms with E-state index in [2.05, 4.69) is 0 Å². The predicted molar refractivity (Wildman–Crippen MR) is 77.0 cm³/mol. The standard InChI is InChI=1S/C13H27BN2O3/c1-8-16(9-2)11(17)15(7)10-14-18-12(3,4)13(5,6)19-14/h8-10H2,1-7H3. The molecule has 1 aliphatic heterocycles. The van der Waals surface area contributed by atoms with Gasteiger partial charge in [-0.2, -0.15) is 0 Å². The van der Waals surface area contributed by atoms with Crippen LogP contribution in [-0.2, 0) is 9.31 Å². The molecule has 2 amide bonds. The second kappa shape index (κ2) is 5.71. The van der Waals surface area contributed by atoms with E-state index in [4.69, 9.17) is 9.31 Å². The Balaban J connectivity index is 2.60. The second-order valence-electron chi connectivity index (χ2n) is 6.02. The normalized spacial score (nSPS) is 20.5. The smallest absolute Gasteiger partial charge is 0.402 e. The Morgan fingerprint density at radius 3 is 1.84 bits per heavy atom. The summed E-state index contributed by atoms with van der Waals surface area (Å²) in [6.07, 6.45) is 0.447. The Kier molecular flexibility index (Phi) is 4.90. The number of carbonyl (C=O) groups is 1. The minimum Gasteiger partial charge on any atom is -0.402 e. The fourth-order valence-corrected chi connectivity index (χ4v) is 2.08. The Morgan fingerprint density at radius 2 is 1.47 bits per heavy atom. The van der Waals surface area contributed by atoms with Crippen molar-refractivity contribution in [2.45, 2.75) is 52.7 Å². The first-order valence-electron chi connectivity index (χ1n) is 7.00. The highest BCUT2D eigenvalue weighted by molar-refractivity contribution is 6.46. The van der Waals surface area contributed by atoms with Gasteiger partial charge in [0.25, 0.3) is 0 Å². The lowest BCUT2D eigenvalue weighted by molar-refractivity contribution is 0.00578. The van der Waals surface area contributed by atoms with Crippen LogP contribution in [0, 0.1) is 0 Å². The van der Waals surface area contributed by atoms with Gasteiger partial charge in [-0.15, -0.1) is 0 Å². The van der Waals surface area contributed by atoms with Crippen LogP contribution in [0.5, 0.6) is 0 Å². The predicted octanol–water partition coefficient (Wildman–Crippen LogP) is 2.01. The molecule has 1 saturated heterocycles. The van der Waals surface area contributed by atoms with Crippen LogP contribution in [0.3, 0.4) is 0 Å². The molecule has 0 saturated carbocycles. The average Bonchev–Trinajstić information content (AvgIpc) is 2.48. The summed E-state index contributed by atoms with van der Waals surface area (Å²) in [5.74, 6) is 0. The van der Waals surface area contributed by atoms with Gasteiger partial charge in [-0.3, -0.25) is 0 Å². The maximum atomic E-state index is 12.2. The molecular formula is C13H27BN2O3. The quantitative estimate of drug-likeness (QED) is 0.734. The molecular weight excluding hydrogens is 243 g/mol. The lowest BCUT2D eigenvalue weighted by Crippen LogP contribution is -2.45. The molecule has 1 rings (SSSR count). The Morgan fingerprint density at radius 1 is 1.05 bits per heavy atom. The molecule has 0 aromatic carbocycles. The molecule has 6 heteroatoms. The molecule has 1 heterocycles. The molecule has 0 unspecified atom stereocenters. The summed E-state index contributed by atoms with van der Waals surface area (Å²) in [7, 11) is 1.42. The molecule has 0 bridgehead atoms. The fraction of sp³-hybridized carbons (Fsp3) is 0.923. The summed E-state index contributed by atoms with van der Waals surface area (Å²) in [4.78, 5) is 15.6. The Hall–Kier alpha value is -0.745. The van der Waals surface area contributed by atoms with Crippen LogP contribution >= 0.6 is 0 Å². The third kappa shape index (κ3) is 3.42. The maximum absolute atomic E-state index is 12.2. The third-order valence-corrected chi connectivity index (χ3v) is 4.09. The molecule has 0 aliphatic carbocycles. The molecule has 0 atom stereocenters. The van der Waals surface area contributed by atoms with E-state index < -0.39 is 0 Å². The lowest BCUT2D eigenvalue weighted by atomic mass is 9.90. The highest BCUT2D eigenvalue weighted by atomic mass is 16.7.